The van der Waals surface area contributed by atoms with Crippen LogP contribution in [0, 0.1) is 5.92 Å². The molecule has 0 aliphatic rings. The second kappa shape index (κ2) is 12.5. The lowest BCUT2D eigenvalue weighted by Gasteiger charge is -2.32. The Morgan fingerprint density at radius 2 is 1.67 bits per heavy atom. The number of hydrogen-bond donors (Lipinski definition) is 1. The van der Waals surface area contributed by atoms with Gasteiger partial charge in [0.15, 0.2) is 0 Å². The summed E-state index contributed by atoms with van der Waals surface area (Å²) in [7, 11) is 0. The Balaban J connectivity index is 0.00000254. The summed E-state index contributed by atoms with van der Waals surface area (Å²) in [6, 6.07) is 10.2. The highest BCUT2D eigenvalue weighted by Crippen LogP contribution is 2.22. The van der Waals surface area contributed by atoms with E-state index in [9.17, 15) is 5.11 Å². The highest BCUT2D eigenvalue weighted by atomic mass is 16.5. The second-order valence-electron chi connectivity index (χ2n) is 7.04. The van der Waals surface area contributed by atoms with Crippen LogP contribution in [0.2, 0.25) is 0 Å². The van der Waals surface area contributed by atoms with Crippen LogP contribution in [-0.4, -0.2) is 29.5 Å². The lowest BCUT2D eigenvalue weighted by atomic mass is 9.97. The molecule has 0 aliphatic carbocycles. The van der Waals surface area contributed by atoms with Gasteiger partial charge < -0.3 is 14.6 Å². The van der Waals surface area contributed by atoms with Crippen LogP contribution in [0.1, 0.15) is 66.9 Å². The van der Waals surface area contributed by atoms with E-state index in [2.05, 4.69) is 39.8 Å². The largest absolute Gasteiger partial charge is 0.393 e. The van der Waals surface area contributed by atoms with E-state index in [1.54, 1.807) is 0 Å². The van der Waals surface area contributed by atoms with Gasteiger partial charge in [-0.15, -0.1) is 0 Å². The molecule has 0 saturated carbocycles. The Kier molecular flexibility index (Phi) is 12.0. The highest BCUT2D eigenvalue weighted by Gasteiger charge is 2.26. The van der Waals surface area contributed by atoms with Gasteiger partial charge in [-0.05, 0) is 39.2 Å². The van der Waals surface area contributed by atoms with E-state index < -0.39 is 0 Å². The molecule has 0 bridgehead atoms. The molecule has 3 nitrogen and oxygen atoms in total. The molecule has 0 fully saturated rings. The molecule has 0 amide bonds. The maximum atomic E-state index is 9.96. The number of ether oxygens (including phenoxy) is 2. The first kappa shape index (κ1) is 23.1. The molecule has 0 saturated heterocycles. The van der Waals surface area contributed by atoms with E-state index in [1.165, 1.54) is 5.56 Å². The van der Waals surface area contributed by atoms with Gasteiger partial charge in [-0.2, -0.15) is 0 Å². The van der Waals surface area contributed by atoms with Crippen LogP contribution in [0.5, 0.6) is 0 Å². The van der Waals surface area contributed by atoms with Crippen LogP contribution in [0.25, 0.3) is 0 Å². The van der Waals surface area contributed by atoms with Crippen molar-refractivity contribution in [2.24, 2.45) is 5.92 Å². The molecule has 0 unspecified atom stereocenters. The normalized spacial score (nSPS) is 15.2. The van der Waals surface area contributed by atoms with Crippen LogP contribution in [0.3, 0.4) is 0 Å². The zero-order valence-electron chi connectivity index (χ0n) is 16.7. The number of aliphatic hydroxyl groups excluding tert-OH is 1. The third-order valence-electron chi connectivity index (χ3n) is 3.61. The molecule has 1 N–H and O–H groups in total. The molecule has 3 atom stereocenters. The molecule has 0 radical (unpaired) electrons. The van der Waals surface area contributed by atoms with E-state index in [1.807, 2.05) is 39.0 Å². The molecule has 0 aliphatic heterocycles. The molecule has 0 aromatic heterocycles. The minimum absolute atomic E-state index is 0.00530. The highest BCUT2D eigenvalue weighted by molar-refractivity contribution is 5.13. The van der Waals surface area contributed by atoms with Gasteiger partial charge in [-0.1, -0.05) is 58.0 Å². The number of rotatable bonds is 9. The second-order valence-corrected chi connectivity index (χ2v) is 7.04. The third kappa shape index (κ3) is 10.8. The minimum Gasteiger partial charge on any atom is -0.393 e. The number of aliphatic hydroxyl groups is 1. The van der Waals surface area contributed by atoms with Crippen molar-refractivity contribution in [2.75, 3.05) is 6.61 Å². The van der Waals surface area contributed by atoms with Crippen LogP contribution < -0.4 is 0 Å². The number of benzene rings is 1. The monoisotopic (exact) mass is 338 g/mol. The van der Waals surface area contributed by atoms with E-state index in [0.29, 0.717) is 19.6 Å². The average molecular weight is 339 g/mol. The van der Waals surface area contributed by atoms with Crippen molar-refractivity contribution >= 4 is 0 Å². The molecule has 1 rings (SSSR count). The molecular weight excluding hydrogens is 300 g/mol. The van der Waals surface area contributed by atoms with Gasteiger partial charge in [0.25, 0.3) is 0 Å². The predicted octanol–water partition coefficient (Wildman–Crippen LogP) is 5.21. The summed E-state index contributed by atoms with van der Waals surface area (Å²) in [6.07, 6.45) is 1.10. The quantitative estimate of drug-likeness (QED) is 0.671. The van der Waals surface area contributed by atoms with Crippen LogP contribution in [0.4, 0.5) is 0 Å². The van der Waals surface area contributed by atoms with E-state index in [-0.39, 0.29) is 23.7 Å². The van der Waals surface area contributed by atoms with E-state index in [4.69, 9.17) is 9.47 Å². The van der Waals surface area contributed by atoms with Crippen molar-refractivity contribution in [1.82, 2.24) is 0 Å². The van der Waals surface area contributed by atoms with Gasteiger partial charge in [-0.3, -0.25) is 0 Å². The van der Waals surface area contributed by atoms with Crippen LogP contribution in [0.15, 0.2) is 30.3 Å². The lowest BCUT2D eigenvalue weighted by molar-refractivity contribution is -0.111. The van der Waals surface area contributed by atoms with Gasteiger partial charge in [0.2, 0.25) is 0 Å². The molecule has 140 valence electrons. The Bertz CT molecular complexity index is 397. The maximum Gasteiger partial charge on any atom is 0.0717 e. The first-order chi connectivity index (χ1) is 11.3. The fourth-order valence-corrected chi connectivity index (χ4v) is 2.33. The molecule has 24 heavy (non-hydrogen) atoms. The molecular formula is C21H38O3. The van der Waals surface area contributed by atoms with E-state index >= 15 is 0 Å². The predicted molar refractivity (Wildman–Crippen MR) is 102 cm³/mol. The molecule has 3 heteroatoms. The number of hydrogen-bond acceptors (Lipinski definition) is 3. The summed E-state index contributed by atoms with van der Waals surface area (Å²) in [5, 5.41) is 9.96. The summed E-state index contributed by atoms with van der Waals surface area (Å²) < 4.78 is 12.0. The maximum absolute atomic E-state index is 9.96. The summed E-state index contributed by atoms with van der Waals surface area (Å²) in [6.45, 7) is 15.5. The van der Waals surface area contributed by atoms with Crippen molar-refractivity contribution in [3.63, 3.8) is 0 Å². The summed E-state index contributed by atoms with van der Waals surface area (Å²) in [4.78, 5) is 0. The standard InChI is InChI=1S/C19H32O3.C2H6/c1-6-17(20)12-18(22-19(3,4)5)15(2)13-21-14-16-10-8-7-9-11-16;1-2/h7-11,15,17-18,20H,6,12-14H2,1-5H3;1-2H3/t15-,17+,18+;/m1./s1. The Hall–Kier alpha value is -0.900. The average Bonchev–Trinajstić information content (AvgIpc) is 2.55. The summed E-state index contributed by atoms with van der Waals surface area (Å²) in [5.74, 6) is 0.240. The fraction of sp³-hybridized carbons (Fsp3) is 0.714. The molecule has 1 aromatic carbocycles. The summed E-state index contributed by atoms with van der Waals surface area (Å²) >= 11 is 0. The molecule has 0 heterocycles. The summed E-state index contributed by atoms with van der Waals surface area (Å²) in [5.41, 5.74) is 0.961. The van der Waals surface area contributed by atoms with Gasteiger partial charge in [0.1, 0.15) is 0 Å². The van der Waals surface area contributed by atoms with Gasteiger partial charge in [0.05, 0.1) is 31.0 Å². The zero-order chi connectivity index (χ0) is 18.6. The molecule has 1 aromatic rings. The Morgan fingerprint density at radius 3 is 2.17 bits per heavy atom. The zero-order valence-corrected chi connectivity index (χ0v) is 16.7. The van der Waals surface area contributed by atoms with Gasteiger partial charge in [0, 0.05) is 5.92 Å². The Morgan fingerprint density at radius 1 is 1.08 bits per heavy atom. The fourth-order valence-electron chi connectivity index (χ4n) is 2.33. The van der Waals surface area contributed by atoms with Gasteiger partial charge >= 0.3 is 0 Å². The first-order valence-electron chi connectivity index (χ1n) is 9.29. The van der Waals surface area contributed by atoms with Gasteiger partial charge in [-0.25, -0.2) is 0 Å². The van der Waals surface area contributed by atoms with Crippen LogP contribution in [-0.2, 0) is 16.1 Å². The lowest BCUT2D eigenvalue weighted by Crippen LogP contribution is -2.36. The molecule has 0 spiro atoms. The van der Waals surface area contributed by atoms with Crippen molar-refractivity contribution in [2.45, 2.75) is 85.7 Å². The van der Waals surface area contributed by atoms with Crippen molar-refractivity contribution in [3.8, 4) is 0 Å². The first-order valence-corrected chi connectivity index (χ1v) is 9.29. The minimum atomic E-state index is -0.316. The Labute approximate surface area is 149 Å². The van der Waals surface area contributed by atoms with Crippen LogP contribution >= 0.6 is 0 Å². The topological polar surface area (TPSA) is 38.7 Å². The third-order valence-corrected chi connectivity index (χ3v) is 3.61. The van der Waals surface area contributed by atoms with Crippen molar-refractivity contribution in [3.05, 3.63) is 35.9 Å². The van der Waals surface area contributed by atoms with E-state index in [0.717, 1.165) is 6.42 Å². The smallest absolute Gasteiger partial charge is 0.0717 e. The van der Waals surface area contributed by atoms with Crippen molar-refractivity contribution < 1.29 is 14.6 Å². The van der Waals surface area contributed by atoms with Crippen molar-refractivity contribution in [1.29, 1.82) is 0 Å². The SMILES string of the molecule is CC.CC[C@H](O)C[C@H](OC(C)(C)C)[C@H](C)COCc1ccccc1.